The van der Waals surface area contributed by atoms with Crippen molar-refractivity contribution in [2.24, 2.45) is 5.92 Å². The van der Waals surface area contributed by atoms with Crippen LogP contribution in [0.5, 0.6) is 0 Å². The van der Waals surface area contributed by atoms with Crippen LogP contribution < -0.4 is 0 Å². The smallest absolute Gasteiger partial charge is 0.136 e. The van der Waals surface area contributed by atoms with Crippen molar-refractivity contribution in [1.82, 2.24) is 9.55 Å². The van der Waals surface area contributed by atoms with Crippen LogP contribution in [0.2, 0.25) is 0 Å². The summed E-state index contributed by atoms with van der Waals surface area (Å²) in [5.74, 6) is 1.52. The fourth-order valence-corrected chi connectivity index (χ4v) is 1.11. The fourth-order valence-electron chi connectivity index (χ4n) is 1.11. The molecule has 0 saturated carbocycles. The molecular formula is C9H10N2. The van der Waals surface area contributed by atoms with Crippen LogP contribution in [0.15, 0.2) is 24.5 Å². The standard InChI is InChI=1S/C9H10N2/c1-8-2-3-9-10-5-7-11(9)6-4-8/h2-8H,1H3. The van der Waals surface area contributed by atoms with Crippen molar-refractivity contribution in [3.05, 3.63) is 30.4 Å². The zero-order chi connectivity index (χ0) is 7.68. The van der Waals surface area contributed by atoms with Gasteiger partial charge in [0.15, 0.2) is 0 Å². The van der Waals surface area contributed by atoms with E-state index in [1.165, 1.54) is 0 Å². The van der Waals surface area contributed by atoms with Gasteiger partial charge in [0.1, 0.15) is 5.82 Å². The lowest BCUT2D eigenvalue weighted by Crippen LogP contribution is -1.85. The first-order chi connectivity index (χ1) is 5.36. The van der Waals surface area contributed by atoms with E-state index < -0.39 is 0 Å². The van der Waals surface area contributed by atoms with Crippen LogP contribution in [0.25, 0.3) is 12.3 Å². The molecule has 2 nitrogen and oxygen atoms in total. The lowest BCUT2D eigenvalue weighted by molar-refractivity contribution is 0.950. The Hall–Kier alpha value is -1.31. The van der Waals surface area contributed by atoms with Crippen molar-refractivity contribution in [2.45, 2.75) is 6.92 Å². The molecule has 1 aliphatic heterocycles. The van der Waals surface area contributed by atoms with Crippen molar-refractivity contribution < 1.29 is 0 Å². The van der Waals surface area contributed by atoms with Crippen molar-refractivity contribution in [3.8, 4) is 0 Å². The number of imidazole rings is 1. The molecule has 0 saturated heterocycles. The molecule has 11 heavy (non-hydrogen) atoms. The Balaban J connectivity index is 2.48. The average molecular weight is 146 g/mol. The maximum absolute atomic E-state index is 4.18. The van der Waals surface area contributed by atoms with Gasteiger partial charge in [0, 0.05) is 18.6 Å². The third-order valence-electron chi connectivity index (χ3n) is 1.80. The summed E-state index contributed by atoms with van der Waals surface area (Å²) < 4.78 is 2.01. The molecule has 0 spiro atoms. The first kappa shape index (κ1) is 6.40. The number of fused-ring (bicyclic) bond motifs is 1. The van der Waals surface area contributed by atoms with E-state index in [-0.39, 0.29) is 0 Å². The third-order valence-corrected chi connectivity index (χ3v) is 1.80. The summed E-state index contributed by atoms with van der Waals surface area (Å²) in [6.45, 7) is 2.15. The molecule has 1 atom stereocenters. The highest BCUT2D eigenvalue weighted by molar-refractivity contribution is 5.48. The van der Waals surface area contributed by atoms with Gasteiger partial charge in [-0.2, -0.15) is 0 Å². The third kappa shape index (κ3) is 1.11. The zero-order valence-electron chi connectivity index (χ0n) is 6.44. The van der Waals surface area contributed by atoms with E-state index in [0.29, 0.717) is 5.92 Å². The molecule has 1 aliphatic rings. The molecule has 1 unspecified atom stereocenters. The van der Waals surface area contributed by atoms with E-state index in [4.69, 9.17) is 0 Å². The van der Waals surface area contributed by atoms with Gasteiger partial charge in [-0.3, -0.25) is 0 Å². The fraction of sp³-hybridized carbons (Fsp3) is 0.222. The second-order valence-corrected chi connectivity index (χ2v) is 2.75. The SMILES string of the molecule is CC1C=Cc2nccn2C=C1. The summed E-state index contributed by atoms with van der Waals surface area (Å²) in [6.07, 6.45) is 12.1. The Morgan fingerprint density at radius 2 is 2.36 bits per heavy atom. The quantitative estimate of drug-likeness (QED) is 0.547. The molecule has 1 aromatic heterocycles. The topological polar surface area (TPSA) is 17.8 Å². The van der Waals surface area contributed by atoms with E-state index in [2.05, 4.69) is 24.1 Å². The van der Waals surface area contributed by atoms with E-state index in [0.717, 1.165) is 5.82 Å². The molecule has 0 aliphatic carbocycles. The molecule has 0 fully saturated rings. The van der Waals surface area contributed by atoms with Gasteiger partial charge in [-0.1, -0.05) is 19.1 Å². The van der Waals surface area contributed by atoms with Crippen molar-refractivity contribution in [1.29, 1.82) is 0 Å². The lowest BCUT2D eigenvalue weighted by atomic mass is 10.2. The first-order valence-corrected chi connectivity index (χ1v) is 3.75. The van der Waals surface area contributed by atoms with E-state index in [1.807, 2.05) is 23.0 Å². The van der Waals surface area contributed by atoms with Crippen LogP contribution >= 0.6 is 0 Å². The van der Waals surface area contributed by atoms with Crippen molar-refractivity contribution in [3.63, 3.8) is 0 Å². The molecular weight excluding hydrogens is 136 g/mol. The molecule has 2 rings (SSSR count). The number of aromatic nitrogens is 2. The van der Waals surface area contributed by atoms with Crippen LogP contribution in [0.1, 0.15) is 12.7 Å². The predicted octanol–water partition coefficient (Wildman–Crippen LogP) is 2.02. The Morgan fingerprint density at radius 1 is 1.45 bits per heavy atom. The Kier molecular flexibility index (Phi) is 1.39. The number of hydrogen-bond donors (Lipinski definition) is 0. The number of nitrogens with zero attached hydrogens (tertiary/aromatic N) is 2. The zero-order valence-corrected chi connectivity index (χ0v) is 6.44. The van der Waals surface area contributed by atoms with Gasteiger partial charge in [-0.25, -0.2) is 4.98 Å². The number of hydrogen-bond acceptors (Lipinski definition) is 1. The highest BCUT2D eigenvalue weighted by Crippen LogP contribution is 2.11. The second-order valence-electron chi connectivity index (χ2n) is 2.75. The predicted molar refractivity (Wildman–Crippen MR) is 45.8 cm³/mol. The largest absolute Gasteiger partial charge is 0.307 e. The monoisotopic (exact) mass is 146 g/mol. The molecule has 0 aromatic carbocycles. The van der Waals surface area contributed by atoms with E-state index >= 15 is 0 Å². The summed E-state index contributed by atoms with van der Waals surface area (Å²) >= 11 is 0. The molecule has 0 N–H and O–H groups in total. The number of rotatable bonds is 0. The van der Waals surface area contributed by atoms with Gasteiger partial charge in [-0.15, -0.1) is 0 Å². The normalized spacial score (nSPS) is 21.4. The molecule has 56 valence electrons. The minimum atomic E-state index is 0.511. The average Bonchev–Trinajstić information content (AvgIpc) is 2.38. The van der Waals surface area contributed by atoms with Crippen LogP contribution in [0.3, 0.4) is 0 Å². The summed E-state index contributed by atoms with van der Waals surface area (Å²) in [5.41, 5.74) is 0. The van der Waals surface area contributed by atoms with Crippen LogP contribution in [0.4, 0.5) is 0 Å². The minimum Gasteiger partial charge on any atom is -0.307 e. The molecule has 0 amide bonds. The minimum absolute atomic E-state index is 0.511. The highest BCUT2D eigenvalue weighted by Gasteiger charge is 2.00. The van der Waals surface area contributed by atoms with Gasteiger partial charge in [-0.05, 0) is 12.0 Å². The maximum Gasteiger partial charge on any atom is 0.136 e. The maximum atomic E-state index is 4.18. The van der Waals surface area contributed by atoms with E-state index in [1.54, 1.807) is 6.20 Å². The Labute approximate surface area is 65.9 Å². The summed E-state index contributed by atoms with van der Waals surface area (Å²) in [6, 6.07) is 0. The van der Waals surface area contributed by atoms with Crippen molar-refractivity contribution in [2.75, 3.05) is 0 Å². The van der Waals surface area contributed by atoms with Crippen LogP contribution in [-0.4, -0.2) is 9.55 Å². The molecule has 2 heteroatoms. The molecule has 0 radical (unpaired) electrons. The summed E-state index contributed by atoms with van der Waals surface area (Å²) in [7, 11) is 0. The Bertz CT molecular complexity index is 279. The van der Waals surface area contributed by atoms with Crippen LogP contribution in [0, 0.1) is 5.92 Å². The molecule has 2 heterocycles. The van der Waals surface area contributed by atoms with Crippen LogP contribution in [-0.2, 0) is 0 Å². The van der Waals surface area contributed by atoms with Gasteiger partial charge in [0.25, 0.3) is 0 Å². The van der Waals surface area contributed by atoms with Gasteiger partial charge < -0.3 is 4.57 Å². The number of allylic oxidation sites excluding steroid dienone is 2. The summed E-state index contributed by atoms with van der Waals surface area (Å²) in [5, 5.41) is 0. The summed E-state index contributed by atoms with van der Waals surface area (Å²) in [4.78, 5) is 4.18. The molecule has 0 bridgehead atoms. The second kappa shape index (κ2) is 2.38. The van der Waals surface area contributed by atoms with Gasteiger partial charge >= 0.3 is 0 Å². The first-order valence-electron chi connectivity index (χ1n) is 3.75. The van der Waals surface area contributed by atoms with E-state index in [9.17, 15) is 0 Å². The van der Waals surface area contributed by atoms with Gasteiger partial charge in [0.2, 0.25) is 0 Å². The molecule has 1 aromatic rings. The van der Waals surface area contributed by atoms with Crippen molar-refractivity contribution >= 4 is 12.3 Å². The lowest BCUT2D eigenvalue weighted by Gasteiger charge is -1.92. The highest BCUT2D eigenvalue weighted by atomic mass is 15.0. The van der Waals surface area contributed by atoms with Gasteiger partial charge in [0.05, 0.1) is 0 Å². The Morgan fingerprint density at radius 3 is 3.27 bits per heavy atom.